The van der Waals surface area contributed by atoms with Crippen molar-refractivity contribution in [3.05, 3.63) is 253 Å². The molecule has 0 saturated carbocycles. The van der Waals surface area contributed by atoms with Crippen LogP contribution in [0.4, 0.5) is 0 Å². The van der Waals surface area contributed by atoms with E-state index in [0.29, 0.717) is 16.7 Å². The first-order chi connectivity index (χ1) is 36.9. The molecule has 7 heteroatoms. The van der Waals surface area contributed by atoms with Crippen LogP contribution in [0.25, 0.3) is 94.8 Å². The quantitative estimate of drug-likeness (QED) is 0.142. The van der Waals surface area contributed by atoms with E-state index in [0.717, 1.165) is 61.4 Å². The van der Waals surface area contributed by atoms with Gasteiger partial charge in [0.2, 0.25) is 0 Å². The molecule has 0 atom stereocenters. The van der Waals surface area contributed by atoms with Gasteiger partial charge in [-0.05, 0) is 111 Å². The number of fused-ring (bicyclic) bond motifs is 4. The van der Waals surface area contributed by atoms with Crippen molar-refractivity contribution >= 4 is 33.0 Å². The normalized spacial score (nSPS) is 11.7. The summed E-state index contributed by atoms with van der Waals surface area (Å²) in [4.78, 5) is 13.6. The Hall–Kier alpha value is -8.53. The summed E-state index contributed by atoms with van der Waals surface area (Å²) in [7, 11) is 0. The van der Waals surface area contributed by atoms with Gasteiger partial charge in [0.15, 0.2) is 0 Å². The van der Waals surface area contributed by atoms with Gasteiger partial charge >= 0.3 is 20.1 Å². The number of furan rings is 1. The Bertz CT molecular complexity index is 3900. The van der Waals surface area contributed by atoms with Crippen molar-refractivity contribution in [2.75, 3.05) is 0 Å². The number of imidazole rings is 1. The van der Waals surface area contributed by atoms with Crippen LogP contribution in [0, 0.1) is 36.4 Å². The third kappa shape index (κ3) is 10.8. The monoisotopic (exact) mass is 1140 g/mol. The van der Waals surface area contributed by atoms with E-state index >= 15 is 0 Å². The van der Waals surface area contributed by atoms with Crippen molar-refractivity contribution in [1.29, 1.82) is 5.26 Å². The molecule has 4 aromatic heterocycles. The van der Waals surface area contributed by atoms with E-state index in [2.05, 4.69) is 151 Å². The molecule has 0 radical (unpaired) electrons. The topological polar surface area (TPSA) is 80.5 Å². The SMILES string of the molecule is CC(C)c1cc(-c2ccc(-c3ccccc3)cc2)cc(C(C)C)c1-n1c(-c2[c-]ccc3c2oc2cc(C#N)ccc23)nc2ccccc21.[2H]C([2H])([2H])c1ccc(-c2[c-]cccc2)nc1.[Ir+3].[c-]1ccccc1-c1ccccn1. The minimum Gasteiger partial charge on any atom is -0.500 e. The Balaban J connectivity index is 0.000000202. The fraction of sp³-hybridized carbons (Fsp3) is 0.104. The van der Waals surface area contributed by atoms with E-state index in [1.54, 1.807) is 30.5 Å². The fourth-order valence-electron chi connectivity index (χ4n) is 9.05. The fourth-order valence-corrected chi connectivity index (χ4v) is 9.05. The van der Waals surface area contributed by atoms with Gasteiger partial charge in [-0.25, -0.2) is 0 Å². The summed E-state index contributed by atoms with van der Waals surface area (Å²) < 4.78 is 30.5. The number of nitriles is 1. The van der Waals surface area contributed by atoms with Gasteiger partial charge in [0.25, 0.3) is 0 Å². The van der Waals surface area contributed by atoms with Gasteiger partial charge in [0.05, 0.1) is 34.1 Å². The third-order valence-corrected chi connectivity index (χ3v) is 12.7. The number of nitrogens with zero attached hydrogens (tertiary/aromatic N) is 5. The number of hydrogen-bond acceptors (Lipinski definition) is 5. The minimum atomic E-state index is -2.09. The Morgan fingerprint density at radius 1 is 0.581 bits per heavy atom. The second-order valence-corrected chi connectivity index (χ2v) is 18.2. The van der Waals surface area contributed by atoms with Crippen molar-refractivity contribution in [3.8, 4) is 67.9 Å². The molecule has 0 unspecified atom stereocenters. The molecule has 0 spiro atoms. The van der Waals surface area contributed by atoms with Crippen LogP contribution in [0.15, 0.2) is 217 Å². The average Bonchev–Trinajstić information content (AvgIpc) is 4.06. The van der Waals surface area contributed by atoms with Crippen LogP contribution in [-0.4, -0.2) is 19.5 Å². The molecule has 0 N–H and O–H groups in total. The first-order valence-electron chi connectivity index (χ1n) is 25.9. The number of benzene rings is 8. The standard InChI is InChI=1S/C44H34N3O.C12H10N.C11H8N.Ir/c1-27(2)37-24-33(32-20-18-31(19-21-32)30-11-6-5-7-12-30)25-38(28(3)4)42(37)47-40-16-9-8-15-39(40)46-44(47)36-14-10-13-35-34-22-17-29(26-45)23-41(34)48-43(35)36;1-10-7-8-12(13-9-10)11-5-3-2-4-6-11;1-2-6-10(7-3-1)11-8-4-5-9-12-11;/h5-13,15-25,27-28H,1-4H3;2-5,7-9H,1H3;1-6,8-9H;/q3*-1;+3/i;1D3;;. The van der Waals surface area contributed by atoms with Crippen LogP contribution in [0.5, 0.6) is 0 Å². The molecule has 8 aromatic carbocycles. The Kier molecular flexibility index (Phi) is 14.4. The molecule has 12 aromatic rings. The van der Waals surface area contributed by atoms with Gasteiger partial charge in [-0.3, -0.25) is 4.98 Å². The zero-order valence-corrected chi connectivity index (χ0v) is 43.7. The number of hydrogen-bond donors (Lipinski definition) is 0. The average molecular weight is 1140 g/mol. The number of aromatic nitrogens is 4. The summed E-state index contributed by atoms with van der Waals surface area (Å²) in [5.74, 6) is 1.26. The molecule has 0 fully saturated rings. The molecule has 6 nitrogen and oxygen atoms in total. The van der Waals surface area contributed by atoms with Crippen LogP contribution >= 0.6 is 0 Å². The maximum Gasteiger partial charge on any atom is 3.00 e. The molecule has 74 heavy (non-hydrogen) atoms. The van der Waals surface area contributed by atoms with Gasteiger partial charge in [-0.15, -0.1) is 90.0 Å². The first kappa shape index (κ1) is 46.5. The second kappa shape index (κ2) is 22.9. The summed E-state index contributed by atoms with van der Waals surface area (Å²) in [5, 5.41) is 11.5. The Morgan fingerprint density at radius 2 is 1.22 bits per heavy atom. The zero-order chi connectivity index (χ0) is 52.8. The summed E-state index contributed by atoms with van der Waals surface area (Å²) >= 11 is 0. The van der Waals surface area contributed by atoms with E-state index in [9.17, 15) is 5.26 Å². The van der Waals surface area contributed by atoms with Crippen molar-refractivity contribution in [3.63, 3.8) is 0 Å². The Labute approximate surface area is 451 Å². The third-order valence-electron chi connectivity index (χ3n) is 12.7. The van der Waals surface area contributed by atoms with Crippen LogP contribution in [-0.2, 0) is 20.1 Å². The molecular weight excluding hydrogens is 1080 g/mol. The molecular formula is C67H52IrN5O. The van der Waals surface area contributed by atoms with Crippen molar-refractivity contribution < 1.29 is 28.6 Å². The predicted molar refractivity (Wildman–Crippen MR) is 298 cm³/mol. The van der Waals surface area contributed by atoms with E-state index in [1.165, 1.54) is 39.6 Å². The molecule has 12 rings (SSSR count). The number of para-hydroxylation sites is 2. The summed E-state index contributed by atoms with van der Waals surface area (Å²) in [5.41, 5.74) is 17.0. The van der Waals surface area contributed by atoms with E-state index in [-0.39, 0.29) is 37.5 Å². The Morgan fingerprint density at radius 3 is 1.82 bits per heavy atom. The molecule has 360 valence electrons. The molecule has 0 amide bonds. The van der Waals surface area contributed by atoms with E-state index < -0.39 is 6.85 Å². The van der Waals surface area contributed by atoms with E-state index in [4.69, 9.17) is 13.5 Å². The maximum atomic E-state index is 9.53. The molecule has 4 heterocycles. The van der Waals surface area contributed by atoms with Crippen LogP contribution in [0.2, 0.25) is 0 Å². The zero-order valence-electron chi connectivity index (χ0n) is 44.3. The molecule has 0 bridgehead atoms. The van der Waals surface area contributed by atoms with E-state index in [1.807, 2.05) is 91.0 Å². The second-order valence-electron chi connectivity index (χ2n) is 18.2. The minimum absolute atomic E-state index is 0. The largest absolute Gasteiger partial charge is 3.00 e. The van der Waals surface area contributed by atoms with Crippen LogP contribution in [0.1, 0.15) is 65.9 Å². The molecule has 0 aliphatic rings. The molecule has 0 aliphatic heterocycles. The van der Waals surface area contributed by atoms with Gasteiger partial charge in [0.1, 0.15) is 5.58 Å². The summed E-state index contributed by atoms with van der Waals surface area (Å²) in [6, 6.07) is 78.4. The van der Waals surface area contributed by atoms with Gasteiger partial charge in [0, 0.05) is 27.6 Å². The predicted octanol–water partition coefficient (Wildman–Crippen LogP) is 17.2. The number of rotatable bonds is 8. The van der Waals surface area contributed by atoms with Crippen molar-refractivity contribution in [1.82, 2.24) is 19.5 Å². The van der Waals surface area contributed by atoms with Crippen molar-refractivity contribution in [2.45, 2.75) is 46.4 Å². The summed E-state index contributed by atoms with van der Waals surface area (Å²) in [6.07, 6.45) is 3.18. The maximum absolute atomic E-state index is 9.53. The van der Waals surface area contributed by atoms with Gasteiger partial charge in [-0.2, -0.15) is 5.26 Å². The number of aryl methyl sites for hydroxylation is 1. The van der Waals surface area contributed by atoms with Gasteiger partial charge in [-0.1, -0.05) is 136 Å². The van der Waals surface area contributed by atoms with Crippen LogP contribution < -0.4 is 0 Å². The van der Waals surface area contributed by atoms with Gasteiger partial charge < -0.3 is 19.0 Å². The smallest absolute Gasteiger partial charge is 0.500 e. The van der Waals surface area contributed by atoms with Crippen LogP contribution in [0.3, 0.4) is 0 Å². The first-order valence-corrected chi connectivity index (χ1v) is 24.4. The molecule has 0 saturated heterocycles. The molecule has 0 aliphatic carbocycles. The van der Waals surface area contributed by atoms with Crippen molar-refractivity contribution in [2.24, 2.45) is 0 Å². The number of pyridine rings is 2. The summed E-state index contributed by atoms with van der Waals surface area (Å²) in [6.45, 7) is 6.98.